The van der Waals surface area contributed by atoms with E-state index in [2.05, 4.69) is 4.74 Å². The SMILES string of the molecule is O=C(/C=C/c1ccc(O)cc1)OC[C@H]1O[C@@H](OC2=C(c3cc(O)c(O)c(O)c3)[OH+]C3C=C(O)C=C(O[C@@H]4O[C@H](CO)[C@@H](O)[C@H](O)[C@H]4O)C3=C2)[C@H](O)[C@@H](O)[C@@H]1O. The maximum Gasteiger partial charge on any atom is 0.330 e. The van der Waals surface area contributed by atoms with E-state index in [-0.39, 0.29) is 34.2 Å². The van der Waals surface area contributed by atoms with E-state index in [1.807, 2.05) is 0 Å². The van der Waals surface area contributed by atoms with Gasteiger partial charge in [-0.05, 0) is 23.8 Å². The van der Waals surface area contributed by atoms with Gasteiger partial charge in [0.25, 0.3) is 0 Å². The zero-order chi connectivity index (χ0) is 39.7. The van der Waals surface area contributed by atoms with Crippen molar-refractivity contribution in [2.24, 2.45) is 0 Å². The van der Waals surface area contributed by atoms with Gasteiger partial charge >= 0.3 is 11.7 Å². The number of allylic oxidation sites excluding steroid dienone is 2. The molecule has 2 aromatic rings. The zero-order valence-electron chi connectivity index (χ0n) is 28.4. The first-order valence-corrected chi connectivity index (χ1v) is 16.7. The van der Waals surface area contributed by atoms with Crippen LogP contribution in [0.5, 0.6) is 23.0 Å². The standard InChI is InChI=1S/C36H38O19/c37-12-24-28(44)30(46)32(48)35(54-24)52-22-10-17(39)9-21-18(22)11-23(34(51-21)15-7-19(40)27(43)20(41)8-15)53-36-33(49)31(47)29(45)25(55-36)13-50-26(42)6-3-14-1-4-16(38)5-2-14/h1-11,21,24-25,28-33,35-41,43-49H,12-13H2/p+1/b6-3+/t21?,24-,25-,28-,29-,30+,31+,32-,33-,35-,36-/m1/s1. The van der Waals surface area contributed by atoms with Crippen LogP contribution in [0.3, 0.4) is 0 Å². The summed E-state index contributed by atoms with van der Waals surface area (Å²) in [7, 11) is 0. The molecule has 11 atom stereocenters. The fourth-order valence-electron chi connectivity index (χ4n) is 6.02. The number of phenols is 4. The van der Waals surface area contributed by atoms with Crippen LogP contribution in [0.15, 0.2) is 83.6 Å². The van der Waals surface area contributed by atoms with E-state index in [4.69, 9.17) is 23.7 Å². The largest absolute Gasteiger partial charge is 0.571 e. The summed E-state index contributed by atoms with van der Waals surface area (Å²) in [6.07, 6.45) is -12.4. The van der Waals surface area contributed by atoms with Crippen LogP contribution >= 0.6 is 0 Å². The first-order valence-electron chi connectivity index (χ1n) is 16.7. The number of ether oxygens (including phenoxy) is 6. The van der Waals surface area contributed by atoms with Crippen LogP contribution in [0.2, 0.25) is 0 Å². The Hall–Kier alpha value is -5.35. The fourth-order valence-corrected chi connectivity index (χ4v) is 6.02. The van der Waals surface area contributed by atoms with Crippen molar-refractivity contribution >= 4 is 17.8 Å². The number of phenolic OH excluding ortho intramolecular Hbond substituents is 4. The van der Waals surface area contributed by atoms with E-state index in [1.165, 1.54) is 42.5 Å². The number of benzene rings is 2. The molecule has 0 spiro atoms. The molecule has 0 bridgehead atoms. The highest BCUT2D eigenvalue weighted by atomic mass is 16.7. The summed E-state index contributed by atoms with van der Waals surface area (Å²) in [4.78, 5) is 12.4. The first-order chi connectivity index (χ1) is 26.1. The third-order valence-corrected chi connectivity index (χ3v) is 9.04. The minimum atomic E-state index is -1.95. The van der Waals surface area contributed by atoms with Gasteiger partial charge in [0.15, 0.2) is 17.2 Å². The van der Waals surface area contributed by atoms with Gasteiger partial charge in [-0.15, -0.1) is 0 Å². The lowest BCUT2D eigenvalue weighted by Crippen LogP contribution is -2.59. The lowest BCUT2D eigenvalue weighted by molar-refractivity contribution is -0.292. The minimum absolute atomic E-state index is 0.0222. The van der Waals surface area contributed by atoms with Gasteiger partial charge in [-0.3, -0.25) is 0 Å². The van der Waals surface area contributed by atoms with Crippen LogP contribution in [0.25, 0.3) is 11.8 Å². The second-order valence-corrected chi connectivity index (χ2v) is 12.9. The first kappa shape index (κ1) is 39.3. The Labute approximate surface area is 310 Å². The molecular weight excluding hydrogens is 736 g/mol. The molecule has 0 saturated carbocycles. The summed E-state index contributed by atoms with van der Waals surface area (Å²) in [5.41, 5.74) is 0.566. The molecule has 1 unspecified atom stereocenters. The van der Waals surface area contributed by atoms with Gasteiger partial charge in [0.1, 0.15) is 72.7 Å². The summed E-state index contributed by atoms with van der Waals surface area (Å²) in [6.45, 7) is -1.39. The summed E-state index contributed by atoms with van der Waals surface area (Å²) >= 11 is 0. The lowest BCUT2D eigenvalue weighted by Gasteiger charge is -2.41. The molecule has 1 aliphatic carbocycles. The maximum absolute atomic E-state index is 12.4. The molecule has 3 aliphatic heterocycles. The van der Waals surface area contributed by atoms with E-state index in [1.54, 1.807) is 0 Å². The van der Waals surface area contributed by atoms with Gasteiger partial charge in [0.05, 0.1) is 23.8 Å². The van der Waals surface area contributed by atoms with Gasteiger partial charge in [0, 0.05) is 30.4 Å². The van der Waals surface area contributed by atoms with Crippen LogP contribution in [0.4, 0.5) is 0 Å². The summed E-state index contributed by atoms with van der Waals surface area (Å²) in [5, 5.41) is 124. The highest BCUT2D eigenvalue weighted by molar-refractivity contribution is 5.87. The molecule has 3 heterocycles. The summed E-state index contributed by atoms with van der Waals surface area (Å²) in [5.74, 6) is -4.36. The Kier molecular flexibility index (Phi) is 11.6. The molecule has 296 valence electrons. The third kappa shape index (κ3) is 8.34. The van der Waals surface area contributed by atoms with Gasteiger partial charge in [-0.2, -0.15) is 0 Å². The fraction of sp³-hybridized carbons (Fsp3) is 0.361. The highest BCUT2D eigenvalue weighted by Gasteiger charge is 2.48. The predicted molar refractivity (Wildman–Crippen MR) is 182 cm³/mol. The van der Waals surface area contributed by atoms with Crippen molar-refractivity contribution in [3.8, 4) is 23.0 Å². The van der Waals surface area contributed by atoms with Gasteiger partial charge in [0.2, 0.25) is 24.4 Å². The highest BCUT2D eigenvalue weighted by Crippen LogP contribution is 2.42. The topological polar surface area (TPSA) is 319 Å². The van der Waals surface area contributed by atoms with E-state index >= 15 is 0 Å². The molecule has 13 N–H and O–H groups in total. The van der Waals surface area contributed by atoms with Crippen molar-refractivity contribution in [1.82, 2.24) is 0 Å². The lowest BCUT2D eigenvalue weighted by atomic mass is 9.96. The number of rotatable bonds is 10. The normalized spacial score (nSPS) is 32.1. The molecular formula is C36H39O19+. The molecule has 19 nitrogen and oxygen atoms in total. The van der Waals surface area contributed by atoms with E-state index in [9.17, 15) is 66.1 Å². The smallest absolute Gasteiger partial charge is 0.330 e. The van der Waals surface area contributed by atoms with Crippen molar-refractivity contribution < 1.29 is 94.5 Å². The van der Waals surface area contributed by atoms with Gasteiger partial charge < -0.3 is 89.7 Å². The zero-order valence-corrected chi connectivity index (χ0v) is 28.4. The summed E-state index contributed by atoms with van der Waals surface area (Å²) in [6, 6.07) is 7.92. The van der Waals surface area contributed by atoms with E-state index in [0.29, 0.717) is 5.56 Å². The molecule has 0 amide bonds. The molecule has 55 heavy (non-hydrogen) atoms. The number of carbonyl (C=O) groups is 1. The molecule has 0 radical (unpaired) electrons. The number of hydrogen-bond acceptors (Lipinski definition) is 18. The maximum atomic E-state index is 12.4. The van der Waals surface area contributed by atoms with Crippen molar-refractivity contribution in [3.63, 3.8) is 0 Å². The molecule has 4 aliphatic rings. The van der Waals surface area contributed by atoms with Crippen molar-refractivity contribution in [1.29, 1.82) is 0 Å². The van der Waals surface area contributed by atoms with Crippen LogP contribution in [-0.4, -0.2) is 153 Å². The van der Waals surface area contributed by atoms with E-state index in [0.717, 1.165) is 24.3 Å². The van der Waals surface area contributed by atoms with Crippen molar-refractivity contribution in [2.75, 3.05) is 13.2 Å². The molecule has 19 heteroatoms. The molecule has 0 aromatic heterocycles. The second-order valence-electron chi connectivity index (χ2n) is 12.9. The number of aliphatic hydroxyl groups is 10. The number of aromatic hydroxyl groups is 4. The van der Waals surface area contributed by atoms with Gasteiger partial charge in [-0.1, -0.05) is 12.1 Å². The average Bonchev–Trinajstić information content (AvgIpc) is 3.16. The Morgan fingerprint density at radius 1 is 0.764 bits per heavy atom. The van der Waals surface area contributed by atoms with Crippen molar-refractivity contribution in [2.45, 2.75) is 67.5 Å². The molecule has 2 aromatic carbocycles. The van der Waals surface area contributed by atoms with Crippen LogP contribution in [-0.2, 0) is 28.5 Å². The monoisotopic (exact) mass is 775 g/mol. The molecule has 6 rings (SSSR count). The molecule has 2 fully saturated rings. The third-order valence-electron chi connectivity index (χ3n) is 9.04. The number of hydrogen-bond donors (Lipinski definition) is 12. The Bertz CT molecular complexity index is 1880. The number of fused-ring (bicyclic) bond motifs is 1. The second kappa shape index (κ2) is 16.2. The summed E-state index contributed by atoms with van der Waals surface area (Å²) < 4.78 is 32.7. The van der Waals surface area contributed by atoms with Crippen LogP contribution < -0.4 is 0 Å². The number of esters is 1. The Balaban J connectivity index is 1.29. The predicted octanol–water partition coefficient (Wildman–Crippen LogP) is -1.75. The van der Waals surface area contributed by atoms with Crippen LogP contribution in [0.1, 0.15) is 11.1 Å². The quantitative estimate of drug-likeness (QED) is 0.0551. The number of carbonyl (C=O) groups excluding carboxylic acids is 1. The average molecular weight is 776 g/mol. The minimum Gasteiger partial charge on any atom is -0.571 e. The Morgan fingerprint density at radius 3 is 2.00 bits per heavy atom. The number of aliphatic hydroxyl groups excluding tert-OH is 8. The Morgan fingerprint density at radius 2 is 1.36 bits per heavy atom. The van der Waals surface area contributed by atoms with E-state index < -0.39 is 110 Å². The van der Waals surface area contributed by atoms with Crippen LogP contribution in [0, 0.1) is 0 Å². The van der Waals surface area contributed by atoms with Gasteiger partial charge in [-0.25, -0.2) is 4.79 Å². The van der Waals surface area contributed by atoms with Crippen molar-refractivity contribution in [3.05, 3.63) is 94.7 Å². The molecule has 2 saturated heterocycles.